The number of ether oxygens (including phenoxy) is 1. The third-order valence-electron chi connectivity index (χ3n) is 6.33. The molecular weight excluding hydrogens is 502 g/mol. The van der Waals surface area contributed by atoms with Crippen LogP contribution in [-0.2, 0) is 7.05 Å². The summed E-state index contributed by atoms with van der Waals surface area (Å²) < 4.78 is 34.2. The van der Waals surface area contributed by atoms with Gasteiger partial charge in [0.25, 0.3) is 5.56 Å². The van der Waals surface area contributed by atoms with Gasteiger partial charge in [-0.1, -0.05) is 11.3 Å². The Morgan fingerprint density at radius 3 is 2.54 bits per heavy atom. The Morgan fingerprint density at radius 2 is 1.84 bits per heavy atom. The van der Waals surface area contributed by atoms with Crippen LogP contribution < -0.4 is 20.9 Å². The van der Waals surface area contributed by atoms with Gasteiger partial charge in [0, 0.05) is 32.2 Å². The predicted molar refractivity (Wildman–Crippen MR) is 138 cm³/mol. The van der Waals surface area contributed by atoms with Crippen molar-refractivity contribution in [1.82, 2.24) is 23.9 Å². The molecule has 6 rings (SSSR count). The number of aromatic nitrogens is 5. The summed E-state index contributed by atoms with van der Waals surface area (Å²) in [6, 6.07) is 10.8. The first-order valence-electron chi connectivity index (χ1n) is 11.7. The first-order valence-corrected chi connectivity index (χ1v) is 12.5. The van der Waals surface area contributed by atoms with Gasteiger partial charge in [-0.15, -0.1) is 0 Å². The van der Waals surface area contributed by atoms with Gasteiger partial charge >= 0.3 is 12.3 Å². The molecule has 37 heavy (non-hydrogen) atoms. The van der Waals surface area contributed by atoms with Gasteiger partial charge in [0.15, 0.2) is 10.8 Å². The Labute approximate surface area is 212 Å². The largest absolute Gasteiger partial charge is 0.435 e. The fraction of sp³-hybridized carbons (Fsp3) is 0.280. The second kappa shape index (κ2) is 8.80. The van der Waals surface area contributed by atoms with Crippen molar-refractivity contribution in [2.45, 2.75) is 19.5 Å². The number of benzene rings is 2. The fourth-order valence-electron chi connectivity index (χ4n) is 4.41. The molecule has 0 unspecified atom stereocenters. The second-order valence-corrected chi connectivity index (χ2v) is 10.1. The highest BCUT2D eigenvalue weighted by Crippen LogP contribution is 2.33. The van der Waals surface area contributed by atoms with Crippen molar-refractivity contribution in [3.05, 3.63) is 69.5 Å². The Kier molecular flexibility index (Phi) is 5.55. The number of hydrogen-bond donors (Lipinski definition) is 0. The van der Waals surface area contributed by atoms with E-state index in [1.54, 1.807) is 36.1 Å². The van der Waals surface area contributed by atoms with Crippen LogP contribution in [0.1, 0.15) is 12.8 Å². The van der Waals surface area contributed by atoms with Crippen LogP contribution >= 0.6 is 11.3 Å². The second-order valence-electron chi connectivity index (χ2n) is 9.15. The van der Waals surface area contributed by atoms with Crippen LogP contribution in [0.2, 0.25) is 0 Å². The Morgan fingerprint density at radius 1 is 1.11 bits per heavy atom. The first-order chi connectivity index (χ1) is 17.8. The van der Waals surface area contributed by atoms with E-state index in [2.05, 4.69) is 14.8 Å². The number of fused-ring (bicyclic) bond motifs is 2. The van der Waals surface area contributed by atoms with Crippen molar-refractivity contribution in [3.63, 3.8) is 0 Å². The molecular formula is C25H22F2N6O3S. The Balaban J connectivity index is 1.57. The summed E-state index contributed by atoms with van der Waals surface area (Å²) in [6.07, 6.45) is 4.13. The Bertz CT molecular complexity index is 1750. The van der Waals surface area contributed by atoms with Gasteiger partial charge in [0.1, 0.15) is 10.4 Å². The molecule has 0 saturated heterocycles. The maximum atomic E-state index is 13.9. The predicted octanol–water partition coefficient (Wildman–Crippen LogP) is 3.93. The molecule has 1 aliphatic rings. The van der Waals surface area contributed by atoms with Gasteiger partial charge in [-0.25, -0.2) is 18.9 Å². The summed E-state index contributed by atoms with van der Waals surface area (Å²) in [4.78, 5) is 34.3. The SMILES string of the molecule is CN(CC1CC1)c1nc2c(s1)c(=O)n(-c1ccc3nn(C)cc3c1)c(=O)n2-c1ccc(OC(F)F)cc1. The molecule has 0 bridgehead atoms. The van der Waals surface area contributed by atoms with Gasteiger partial charge in [-0.3, -0.25) is 9.48 Å². The average Bonchev–Trinajstić information content (AvgIpc) is 3.41. The van der Waals surface area contributed by atoms with Crippen molar-refractivity contribution in [2.75, 3.05) is 18.5 Å². The first kappa shape index (κ1) is 23.3. The minimum Gasteiger partial charge on any atom is -0.435 e. The number of aryl methyl sites for hydroxylation is 1. The van der Waals surface area contributed by atoms with E-state index in [4.69, 9.17) is 0 Å². The zero-order valence-corrected chi connectivity index (χ0v) is 20.8. The molecule has 0 N–H and O–H groups in total. The standard InChI is InChI=1S/C25H22F2N6O3S/c1-30(12-14-3-4-14)24-28-21-20(37-24)22(34)33(17-7-10-19-15(11-17)13-31(2)29-19)25(35)32(21)16-5-8-18(9-6-16)36-23(26)27/h5-11,13-14,23H,3-4,12H2,1-2H3. The van der Waals surface area contributed by atoms with E-state index in [0.717, 1.165) is 34.9 Å². The number of alkyl halides is 2. The van der Waals surface area contributed by atoms with Crippen LogP contribution in [0.4, 0.5) is 13.9 Å². The van der Waals surface area contributed by atoms with E-state index in [9.17, 15) is 18.4 Å². The van der Waals surface area contributed by atoms with Gasteiger partial charge in [0.2, 0.25) is 0 Å². The van der Waals surface area contributed by atoms with Crippen LogP contribution in [0.3, 0.4) is 0 Å². The molecule has 0 atom stereocenters. The van der Waals surface area contributed by atoms with E-state index in [1.165, 1.54) is 40.2 Å². The van der Waals surface area contributed by atoms with Crippen molar-refractivity contribution in [2.24, 2.45) is 13.0 Å². The third kappa shape index (κ3) is 4.26. The maximum absolute atomic E-state index is 13.9. The van der Waals surface area contributed by atoms with Crippen LogP contribution in [-0.4, -0.2) is 44.1 Å². The number of nitrogens with zero attached hydrogens (tertiary/aromatic N) is 6. The van der Waals surface area contributed by atoms with Gasteiger partial charge in [-0.05, 0) is 61.2 Å². The zero-order valence-electron chi connectivity index (χ0n) is 20.0. The maximum Gasteiger partial charge on any atom is 0.387 e. The highest BCUT2D eigenvalue weighted by Gasteiger charge is 2.26. The summed E-state index contributed by atoms with van der Waals surface area (Å²) in [6.45, 7) is -2.15. The molecule has 5 aromatic rings. The van der Waals surface area contributed by atoms with Crippen molar-refractivity contribution in [1.29, 1.82) is 0 Å². The van der Waals surface area contributed by atoms with E-state index in [0.29, 0.717) is 27.1 Å². The molecule has 1 saturated carbocycles. The van der Waals surface area contributed by atoms with E-state index >= 15 is 0 Å². The molecule has 0 spiro atoms. The summed E-state index contributed by atoms with van der Waals surface area (Å²) in [5.74, 6) is 0.561. The van der Waals surface area contributed by atoms with E-state index in [-0.39, 0.29) is 11.4 Å². The lowest BCUT2D eigenvalue weighted by Crippen LogP contribution is -2.38. The topological polar surface area (TPSA) is 87.2 Å². The summed E-state index contributed by atoms with van der Waals surface area (Å²) in [7, 11) is 3.72. The molecule has 12 heteroatoms. The lowest BCUT2D eigenvalue weighted by atomic mass is 10.2. The van der Waals surface area contributed by atoms with Crippen molar-refractivity contribution in [3.8, 4) is 17.1 Å². The molecule has 2 aromatic carbocycles. The van der Waals surface area contributed by atoms with E-state index in [1.807, 2.05) is 11.9 Å². The average molecular weight is 525 g/mol. The number of rotatable bonds is 7. The third-order valence-corrected chi connectivity index (χ3v) is 7.47. The summed E-state index contributed by atoms with van der Waals surface area (Å²) in [5.41, 5.74) is 0.626. The molecule has 3 aromatic heterocycles. The molecule has 0 radical (unpaired) electrons. The van der Waals surface area contributed by atoms with Crippen molar-refractivity contribution >= 4 is 37.7 Å². The fourth-order valence-corrected chi connectivity index (χ4v) is 5.36. The lowest BCUT2D eigenvalue weighted by molar-refractivity contribution is -0.0498. The minimum absolute atomic E-state index is 0.0403. The van der Waals surface area contributed by atoms with Crippen LogP contribution in [0.25, 0.3) is 32.6 Å². The van der Waals surface area contributed by atoms with Gasteiger partial charge in [-0.2, -0.15) is 13.9 Å². The van der Waals surface area contributed by atoms with E-state index < -0.39 is 17.9 Å². The van der Waals surface area contributed by atoms with Gasteiger partial charge < -0.3 is 9.64 Å². The number of hydrogen-bond acceptors (Lipinski definition) is 7. The molecule has 0 amide bonds. The number of thiazole rings is 1. The molecule has 1 fully saturated rings. The zero-order chi connectivity index (χ0) is 25.8. The molecule has 1 aliphatic carbocycles. The Hall–Kier alpha value is -4.06. The quantitative estimate of drug-likeness (QED) is 0.321. The number of halogens is 2. The molecule has 3 heterocycles. The van der Waals surface area contributed by atoms with Crippen LogP contribution in [0.5, 0.6) is 5.75 Å². The van der Waals surface area contributed by atoms with Gasteiger partial charge in [0.05, 0.1) is 16.9 Å². The highest BCUT2D eigenvalue weighted by molar-refractivity contribution is 7.22. The van der Waals surface area contributed by atoms with Crippen LogP contribution in [0, 0.1) is 5.92 Å². The summed E-state index contributed by atoms with van der Waals surface area (Å²) >= 11 is 1.23. The smallest absolute Gasteiger partial charge is 0.387 e. The van der Waals surface area contributed by atoms with Crippen molar-refractivity contribution < 1.29 is 13.5 Å². The number of anilines is 1. The summed E-state index contributed by atoms with van der Waals surface area (Å²) in [5, 5.41) is 5.76. The molecule has 9 nitrogen and oxygen atoms in total. The highest BCUT2D eigenvalue weighted by atomic mass is 32.1. The molecule has 190 valence electrons. The lowest BCUT2D eigenvalue weighted by Gasteiger charge is -2.14. The monoisotopic (exact) mass is 524 g/mol. The minimum atomic E-state index is -2.97. The normalized spacial score (nSPS) is 13.6. The van der Waals surface area contributed by atoms with Crippen LogP contribution in [0.15, 0.2) is 58.3 Å². The molecule has 0 aliphatic heterocycles.